The van der Waals surface area contributed by atoms with Crippen LogP contribution in [-0.2, 0) is 0 Å². The van der Waals surface area contributed by atoms with Crippen LogP contribution in [0.2, 0.25) is 0 Å². The van der Waals surface area contributed by atoms with Crippen LogP contribution in [0.5, 0.6) is 0 Å². The van der Waals surface area contributed by atoms with Gasteiger partial charge >= 0.3 is 0 Å². The van der Waals surface area contributed by atoms with E-state index in [-0.39, 0.29) is 0 Å². The fraction of sp³-hybridized carbons (Fsp3) is 0.625. The van der Waals surface area contributed by atoms with E-state index < -0.39 is 0 Å². The molecule has 1 heterocycles. The highest BCUT2D eigenvalue weighted by Crippen LogP contribution is 2.61. The summed E-state index contributed by atoms with van der Waals surface area (Å²) < 4.78 is 0. The first-order valence-corrected chi connectivity index (χ1v) is 7.03. The average molecular weight is 242 g/mol. The fourth-order valence-electron chi connectivity index (χ4n) is 3.94. The lowest BCUT2D eigenvalue weighted by atomic mass is 9.45. The molecular weight excluding hydrogens is 220 g/mol. The first kappa shape index (κ1) is 11.9. The number of hydrogen-bond acceptors (Lipinski definition) is 2. The largest absolute Gasteiger partial charge is 0.287 e. The fourth-order valence-corrected chi connectivity index (χ4v) is 3.94. The predicted molar refractivity (Wildman–Crippen MR) is 74.8 cm³/mol. The SMILES string of the molecule is C[C@@H]1[C@H]2C[C@@H](C[C@H]1N=Cc1ccccn1)C2(C)C. The second-order valence-electron chi connectivity index (χ2n) is 6.56. The van der Waals surface area contributed by atoms with Crippen molar-refractivity contribution in [3.8, 4) is 0 Å². The molecule has 1 aromatic heterocycles. The van der Waals surface area contributed by atoms with Crippen LogP contribution in [0.3, 0.4) is 0 Å². The maximum Gasteiger partial charge on any atom is 0.0807 e. The molecule has 2 heteroatoms. The molecule has 0 radical (unpaired) electrons. The first-order valence-electron chi connectivity index (χ1n) is 7.03. The Hall–Kier alpha value is -1.18. The third kappa shape index (κ3) is 1.79. The maximum atomic E-state index is 4.79. The van der Waals surface area contributed by atoms with Crippen LogP contribution in [0.25, 0.3) is 0 Å². The Labute approximate surface area is 110 Å². The minimum Gasteiger partial charge on any atom is -0.287 e. The average Bonchev–Trinajstić information content (AvgIpc) is 2.38. The number of rotatable bonds is 2. The van der Waals surface area contributed by atoms with Crippen molar-refractivity contribution in [3.05, 3.63) is 30.1 Å². The van der Waals surface area contributed by atoms with E-state index in [4.69, 9.17) is 4.99 Å². The molecule has 3 fully saturated rings. The summed E-state index contributed by atoms with van der Waals surface area (Å²) in [5.74, 6) is 2.46. The van der Waals surface area contributed by atoms with Gasteiger partial charge in [0, 0.05) is 12.4 Å². The third-order valence-corrected chi connectivity index (χ3v) is 5.40. The van der Waals surface area contributed by atoms with Crippen LogP contribution in [0.4, 0.5) is 0 Å². The monoisotopic (exact) mass is 242 g/mol. The molecule has 0 amide bonds. The summed E-state index contributed by atoms with van der Waals surface area (Å²) in [4.78, 5) is 9.09. The van der Waals surface area contributed by atoms with Gasteiger partial charge in [0.25, 0.3) is 0 Å². The first-order chi connectivity index (χ1) is 8.59. The molecule has 3 saturated carbocycles. The molecule has 2 nitrogen and oxygen atoms in total. The Morgan fingerprint density at radius 2 is 2.17 bits per heavy atom. The van der Waals surface area contributed by atoms with Gasteiger partial charge in [0.15, 0.2) is 0 Å². The predicted octanol–water partition coefficient (Wildman–Crippen LogP) is 3.57. The Kier molecular flexibility index (Phi) is 2.76. The summed E-state index contributed by atoms with van der Waals surface area (Å²) >= 11 is 0. The molecule has 0 N–H and O–H groups in total. The van der Waals surface area contributed by atoms with E-state index in [1.54, 1.807) is 0 Å². The molecule has 0 aliphatic heterocycles. The van der Waals surface area contributed by atoms with Crippen molar-refractivity contribution >= 4 is 6.21 Å². The Bertz CT molecular complexity index is 449. The molecule has 18 heavy (non-hydrogen) atoms. The lowest BCUT2D eigenvalue weighted by Gasteiger charge is -2.61. The summed E-state index contributed by atoms with van der Waals surface area (Å²) in [6, 6.07) is 6.47. The highest BCUT2D eigenvalue weighted by molar-refractivity contribution is 5.76. The van der Waals surface area contributed by atoms with E-state index >= 15 is 0 Å². The van der Waals surface area contributed by atoms with Gasteiger partial charge in [-0.2, -0.15) is 0 Å². The summed E-state index contributed by atoms with van der Waals surface area (Å²) in [6.45, 7) is 7.24. The van der Waals surface area contributed by atoms with Crippen LogP contribution in [-0.4, -0.2) is 17.2 Å². The molecule has 2 bridgehead atoms. The zero-order chi connectivity index (χ0) is 12.8. The van der Waals surface area contributed by atoms with Crippen molar-refractivity contribution in [2.24, 2.45) is 28.2 Å². The van der Waals surface area contributed by atoms with Crippen molar-refractivity contribution in [2.75, 3.05) is 0 Å². The van der Waals surface area contributed by atoms with Crippen LogP contribution < -0.4 is 0 Å². The normalized spacial score (nSPS) is 37.5. The third-order valence-electron chi connectivity index (χ3n) is 5.40. The molecule has 96 valence electrons. The highest BCUT2D eigenvalue weighted by Gasteiger charge is 2.56. The Morgan fingerprint density at radius 1 is 1.33 bits per heavy atom. The second-order valence-corrected chi connectivity index (χ2v) is 6.56. The number of fused-ring (bicyclic) bond motifs is 2. The summed E-state index contributed by atoms with van der Waals surface area (Å²) in [5, 5.41) is 0. The molecule has 4 atom stereocenters. The number of pyridine rings is 1. The van der Waals surface area contributed by atoms with E-state index in [2.05, 4.69) is 25.8 Å². The Balaban J connectivity index is 1.71. The van der Waals surface area contributed by atoms with E-state index in [0.717, 1.165) is 17.5 Å². The number of aromatic nitrogens is 1. The van der Waals surface area contributed by atoms with Gasteiger partial charge in [0.1, 0.15) is 0 Å². The molecule has 0 aromatic carbocycles. The minimum atomic E-state index is 0.504. The zero-order valence-electron chi connectivity index (χ0n) is 11.5. The van der Waals surface area contributed by atoms with Crippen molar-refractivity contribution in [1.82, 2.24) is 4.98 Å². The molecule has 0 saturated heterocycles. The standard InChI is InChI=1S/C16H22N2/c1-11-14-8-12(16(14,2)3)9-15(11)18-10-13-6-4-5-7-17-13/h4-7,10-12,14-15H,8-9H2,1-3H3/t11-,12+,14-,15-/m1/s1. The Morgan fingerprint density at radius 3 is 2.78 bits per heavy atom. The smallest absolute Gasteiger partial charge is 0.0807 e. The molecule has 3 aliphatic rings. The van der Waals surface area contributed by atoms with Gasteiger partial charge < -0.3 is 0 Å². The molecule has 3 aliphatic carbocycles. The topological polar surface area (TPSA) is 25.2 Å². The van der Waals surface area contributed by atoms with Gasteiger partial charge in [0.2, 0.25) is 0 Å². The van der Waals surface area contributed by atoms with Crippen LogP contribution in [0.15, 0.2) is 29.4 Å². The van der Waals surface area contributed by atoms with Crippen molar-refractivity contribution < 1.29 is 0 Å². The molecule has 0 unspecified atom stereocenters. The quantitative estimate of drug-likeness (QED) is 0.728. The van der Waals surface area contributed by atoms with Gasteiger partial charge in [-0.1, -0.05) is 26.8 Å². The van der Waals surface area contributed by atoms with E-state index in [1.807, 2.05) is 30.6 Å². The maximum absolute atomic E-state index is 4.79. The molecule has 0 spiro atoms. The van der Waals surface area contributed by atoms with E-state index in [9.17, 15) is 0 Å². The summed E-state index contributed by atoms with van der Waals surface area (Å²) in [5.41, 5.74) is 1.53. The lowest BCUT2D eigenvalue weighted by molar-refractivity contribution is -0.108. The highest BCUT2D eigenvalue weighted by atomic mass is 14.8. The molecular formula is C16H22N2. The molecule has 1 aromatic rings. The van der Waals surface area contributed by atoms with E-state index in [1.165, 1.54) is 12.8 Å². The molecule has 4 rings (SSSR count). The summed E-state index contributed by atoms with van der Waals surface area (Å²) in [7, 11) is 0. The second kappa shape index (κ2) is 4.18. The lowest BCUT2D eigenvalue weighted by Crippen LogP contribution is -2.56. The van der Waals surface area contributed by atoms with Crippen molar-refractivity contribution in [2.45, 2.75) is 39.7 Å². The number of aliphatic imine (C=N–C) groups is 1. The zero-order valence-corrected chi connectivity index (χ0v) is 11.5. The van der Waals surface area contributed by atoms with Crippen LogP contribution >= 0.6 is 0 Å². The number of nitrogens with zero attached hydrogens (tertiary/aromatic N) is 2. The van der Waals surface area contributed by atoms with Crippen molar-refractivity contribution in [1.29, 1.82) is 0 Å². The van der Waals surface area contributed by atoms with Gasteiger partial charge in [-0.15, -0.1) is 0 Å². The van der Waals surface area contributed by atoms with Crippen molar-refractivity contribution in [3.63, 3.8) is 0 Å². The van der Waals surface area contributed by atoms with E-state index in [0.29, 0.717) is 17.4 Å². The van der Waals surface area contributed by atoms with Gasteiger partial charge in [-0.3, -0.25) is 9.98 Å². The van der Waals surface area contributed by atoms with Gasteiger partial charge in [-0.25, -0.2) is 0 Å². The van der Waals surface area contributed by atoms with Gasteiger partial charge in [-0.05, 0) is 48.1 Å². The minimum absolute atomic E-state index is 0.504. The van der Waals surface area contributed by atoms with Crippen LogP contribution in [0, 0.1) is 23.2 Å². The van der Waals surface area contributed by atoms with Crippen LogP contribution in [0.1, 0.15) is 39.3 Å². The number of hydrogen-bond donors (Lipinski definition) is 0. The van der Waals surface area contributed by atoms with Gasteiger partial charge in [0.05, 0.1) is 11.7 Å². The summed E-state index contributed by atoms with van der Waals surface area (Å²) in [6.07, 6.45) is 6.46.